The highest BCUT2D eigenvalue weighted by Crippen LogP contribution is 2.25. The molecular weight excluding hydrogens is 280 g/mol. The minimum Gasteiger partial charge on any atom is -0.321 e. The van der Waals surface area contributed by atoms with E-state index < -0.39 is 11.3 Å². The third-order valence-electron chi connectivity index (χ3n) is 3.13. The molecule has 0 aromatic carbocycles. The lowest BCUT2D eigenvalue weighted by molar-refractivity contribution is -0.138. The largest absolute Gasteiger partial charge is 0.321 e. The lowest BCUT2D eigenvalue weighted by Crippen LogP contribution is -2.35. The second kappa shape index (κ2) is 7.54. The number of amides is 2. The van der Waals surface area contributed by atoms with E-state index in [1.165, 1.54) is 23.6 Å². The van der Waals surface area contributed by atoms with Crippen LogP contribution in [0.15, 0.2) is 0 Å². The van der Waals surface area contributed by atoms with Gasteiger partial charge in [0.05, 0.1) is 11.3 Å². The number of likely N-dealkylation sites (tertiary alicyclic amines) is 1. The van der Waals surface area contributed by atoms with Gasteiger partial charge >= 0.3 is 0 Å². The molecule has 1 fully saturated rings. The Morgan fingerprint density at radius 1 is 1.40 bits per heavy atom. The zero-order valence-electron chi connectivity index (χ0n) is 11.8. The van der Waals surface area contributed by atoms with Crippen LogP contribution in [0.25, 0.3) is 0 Å². The lowest BCUT2D eigenvalue weighted by atomic mass is 10.1. The summed E-state index contributed by atoms with van der Waals surface area (Å²) in [4.78, 5) is 47.1. The Morgan fingerprint density at radius 2 is 2.05 bits per heavy atom. The SMILES string of the molecule is CCN1C(=O)CC(SC[C@H](N)C(=O)CCC(C)=O)C1=O. The van der Waals surface area contributed by atoms with Crippen LogP contribution >= 0.6 is 11.8 Å². The van der Waals surface area contributed by atoms with Crippen LogP contribution < -0.4 is 5.73 Å². The summed E-state index contributed by atoms with van der Waals surface area (Å²) >= 11 is 1.24. The van der Waals surface area contributed by atoms with Gasteiger partial charge in [-0.05, 0) is 13.8 Å². The molecule has 1 saturated heterocycles. The van der Waals surface area contributed by atoms with Crippen molar-refractivity contribution in [2.24, 2.45) is 5.73 Å². The molecule has 7 heteroatoms. The number of hydrogen-bond acceptors (Lipinski definition) is 6. The fourth-order valence-electron chi connectivity index (χ4n) is 1.91. The smallest absolute Gasteiger partial charge is 0.242 e. The van der Waals surface area contributed by atoms with E-state index in [-0.39, 0.29) is 48.4 Å². The van der Waals surface area contributed by atoms with Gasteiger partial charge in [-0.25, -0.2) is 0 Å². The van der Waals surface area contributed by atoms with Crippen molar-refractivity contribution in [2.45, 2.75) is 44.4 Å². The third-order valence-corrected chi connectivity index (χ3v) is 4.45. The number of nitrogens with zero attached hydrogens (tertiary/aromatic N) is 1. The average molecular weight is 300 g/mol. The van der Waals surface area contributed by atoms with Crippen molar-refractivity contribution in [3.8, 4) is 0 Å². The topological polar surface area (TPSA) is 97.5 Å². The maximum absolute atomic E-state index is 11.9. The minimum atomic E-state index is -0.696. The lowest BCUT2D eigenvalue weighted by Gasteiger charge is -2.14. The van der Waals surface area contributed by atoms with Gasteiger partial charge in [0.1, 0.15) is 5.78 Å². The zero-order chi connectivity index (χ0) is 15.3. The Hall–Kier alpha value is -1.21. The van der Waals surface area contributed by atoms with Crippen LogP contribution in [0.1, 0.15) is 33.1 Å². The molecule has 2 N–H and O–H groups in total. The first kappa shape index (κ1) is 16.8. The quantitative estimate of drug-likeness (QED) is 0.640. The standard InChI is InChI=1S/C13H20N2O4S/c1-3-15-12(18)6-11(13(15)19)20-7-9(14)10(17)5-4-8(2)16/h9,11H,3-7,14H2,1-2H3/t9-,11?/m0/s1. The van der Waals surface area contributed by atoms with Crippen molar-refractivity contribution < 1.29 is 19.2 Å². The number of thioether (sulfide) groups is 1. The minimum absolute atomic E-state index is 0.0478. The summed E-state index contributed by atoms with van der Waals surface area (Å²) in [6.07, 6.45) is 0.503. The van der Waals surface area contributed by atoms with E-state index in [9.17, 15) is 19.2 Å². The molecule has 0 radical (unpaired) electrons. The first-order valence-electron chi connectivity index (χ1n) is 6.60. The Labute approximate surface area is 122 Å². The predicted octanol–water partition coefficient (Wildman–Crippen LogP) is 0.133. The Morgan fingerprint density at radius 3 is 2.55 bits per heavy atom. The molecule has 2 amide bonds. The van der Waals surface area contributed by atoms with Crippen LogP contribution in [-0.2, 0) is 19.2 Å². The van der Waals surface area contributed by atoms with E-state index >= 15 is 0 Å². The monoisotopic (exact) mass is 300 g/mol. The summed E-state index contributed by atoms with van der Waals surface area (Å²) < 4.78 is 0. The molecule has 1 heterocycles. The fourth-order valence-corrected chi connectivity index (χ4v) is 3.07. The van der Waals surface area contributed by atoms with Crippen molar-refractivity contribution in [3.05, 3.63) is 0 Å². The summed E-state index contributed by atoms with van der Waals surface area (Å²) in [7, 11) is 0. The van der Waals surface area contributed by atoms with Crippen LogP contribution in [0.3, 0.4) is 0 Å². The summed E-state index contributed by atoms with van der Waals surface area (Å²) in [6.45, 7) is 3.55. The molecule has 1 aliphatic heterocycles. The molecule has 0 spiro atoms. The van der Waals surface area contributed by atoms with E-state index in [0.717, 1.165) is 0 Å². The number of rotatable bonds is 8. The number of imide groups is 1. The van der Waals surface area contributed by atoms with Gasteiger partial charge in [0.2, 0.25) is 11.8 Å². The third kappa shape index (κ3) is 4.42. The van der Waals surface area contributed by atoms with Crippen molar-refractivity contribution in [1.82, 2.24) is 4.90 Å². The highest BCUT2D eigenvalue weighted by Gasteiger charge is 2.38. The maximum atomic E-state index is 11.9. The molecule has 0 bridgehead atoms. The molecule has 0 saturated carbocycles. The molecule has 6 nitrogen and oxygen atoms in total. The second-order valence-electron chi connectivity index (χ2n) is 4.78. The van der Waals surface area contributed by atoms with Gasteiger partial charge < -0.3 is 10.5 Å². The molecule has 1 aliphatic rings. The van der Waals surface area contributed by atoms with Gasteiger partial charge in [-0.2, -0.15) is 0 Å². The van der Waals surface area contributed by atoms with E-state index in [4.69, 9.17) is 5.73 Å². The molecule has 0 aromatic heterocycles. The van der Waals surface area contributed by atoms with Crippen molar-refractivity contribution >= 4 is 35.1 Å². The normalized spacial score (nSPS) is 20.4. The molecule has 1 rings (SSSR count). The van der Waals surface area contributed by atoms with E-state index in [2.05, 4.69) is 0 Å². The van der Waals surface area contributed by atoms with Gasteiger partial charge in [-0.15, -0.1) is 11.8 Å². The first-order valence-corrected chi connectivity index (χ1v) is 7.65. The summed E-state index contributed by atoms with van der Waals surface area (Å²) in [5.41, 5.74) is 5.74. The van der Waals surface area contributed by atoms with Gasteiger partial charge in [0.15, 0.2) is 5.78 Å². The summed E-state index contributed by atoms with van der Waals surface area (Å²) in [5, 5.41) is -0.436. The highest BCUT2D eigenvalue weighted by atomic mass is 32.2. The Kier molecular flexibility index (Phi) is 6.35. The molecular formula is C13H20N2O4S. The molecule has 0 aromatic rings. The van der Waals surface area contributed by atoms with E-state index in [1.54, 1.807) is 6.92 Å². The van der Waals surface area contributed by atoms with Crippen molar-refractivity contribution in [3.63, 3.8) is 0 Å². The van der Waals surface area contributed by atoms with Gasteiger partial charge in [-0.3, -0.25) is 19.3 Å². The molecule has 0 aliphatic carbocycles. The number of carbonyl (C=O) groups is 4. The van der Waals surface area contributed by atoms with Crippen LogP contribution in [0, 0.1) is 0 Å². The molecule has 112 valence electrons. The number of hydrogen-bond donors (Lipinski definition) is 1. The maximum Gasteiger partial charge on any atom is 0.242 e. The molecule has 2 atom stereocenters. The van der Waals surface area contributed by atoms with Crippen molar-refractivity contribution in [2.75, 3.05) is 12.3 Å². The van der Waals surface area contributed by atoms with E-state index in [1.807, 2.05) is 0 Å². The van der Waals surface area contributed by atoms with Crippen LogP contribution in [0.2, 0.25) is 0 Å². The number of nitrogens with two attached hydrogens (primary N) is 1. The Balaban J connectivity index is 2.40. The average Bonchev–Trinajstić information content (AvgIpc) is 2.67. The van der Waals surface area contributed by atoms with Crippen molar-refractivity contribution in [1.29, 1.82) is 0 Å². The highest BCUT2D eigenvalue weighted by molar-refractivity contribution is 8.00. The predicted molar refractivity (Wildman–Crippen MR) is 76.2 cm³/mol. The van der Waals surface area contributed by atoms with Gasteiger partial charge in [-0.1, -0.05) is 0 Å². The summed E-state index contributed by atoms with van der Waals surface area (Å²) in [5.74, 6) is -0.319. The number of ketones is 2. The first-order chi connectivity index (χ1) is 9.36. The van der Waals surface area contributed by atoms with Gasteiger partial charge in [0, 0.05) is 31.6 Å². The molecule has 20 heavy (non-hydrogen) atoms. The van der Waals surface area contributed by atoms with E-state index in [0.29, 0.717) is 6.54 Å². The van der Waals surface area contributed by atoms with Gasteiger partial charge in [0.25, 0.3) is 0 Å². The number of carbonyl (C=O) groups excluding carboxylic acids is 4. The number of Topliss-reactive ketones (excluding diaryl/α,β-unsaturated/α-hetero) is 2. The zero-order valence-corrected chi connectivity index (χ0v) is 12.6. The van der Waals surface area contributed by atoms with Crippen LogP contribution in [0.5, 0.6) is 0 Å². The van der Waals surface area contributed by atoms with Crippen LogP contribution in [-0.4, -0.2) is 51.9 Å². The second-order valence-corrected chi connectivity index (χ2v) is 6.01. The Bertz CT molecular complexity index is 425. The fraction of sp³-hybridized carbons (Fsp3) is 0.692. The van der Waals surface area contributed by atoms with Crippen LogP contribution in [0.4, 0.5) is 0 Å². The molecule has 1 unspecified atom stereocenters. The summed E-state index contributed by atoms with van der Waals surface area (Å²) in [6, 6.07) is -0.696.